The summed E-state index contributed by atoms with van der Waals surface area (Å²) in [5.41, 5.74) is 3.84. The molecule has 0 spiro atoms. The van der Waals surface area contributed by atoms with Crippen molar-refractivity contribution in [2.75, 3.05) is 18.4 Å². The van der Waals surface area contributed by atoms with Crippen molar-refractivity contribution in [1.29, 1.82) is 0 Å². The van der Waals surface area contributed by atoms with Crippen molar-refractivity contribution < 1.29 is 45.4 Å². The molecule has 2 amide bonds. The van der Waals surface area contributed by atoms with Gasteiger partial charge in [0.15, 0.2) is 0 Å². The van der Waals surface area contributed by atoms with Crippen molar-refractivity contribution in [3.63, 3.8) is 0 Å². The first-order valence-electron chi connectivity index (χ1n) is 16.8. The number of hydrogen-bond acceptors (Lipinski definition) is 8. The van der Waals surface area contributed by atoms with Gasteiger partial charge in [-0.15, -0.1) is 0 Å². The second kappa shape index (κ2) is 16.3. The molecule has 1 aliphatic carbocycles. The molecule has 1 saturated carbocycles. The summed E-state index contributed by atoms with van der Waals surface area (Å²) in [5.74, 6) is -5.41. The maximum absolute atomic E-state index is 15.5. The van der Waals surface area contributed by atoms with Gasteiger partial charge < -0.3 is 25.8 Å². The van der Waals surface area contributed by atoms with E-state index < -0.39 is 79.7 Å². The summed E-state index contributed by atoms with van der Waals surface area (Å²) in [5, 5.41) is 12.1. The van der Waals surface area contributed by atoms with Gasteiger partial charge in [0.1, 0.15) is 34.4 Å². The summed E-state index contributed by atoms with van der Waals surface area (Å²) < 4.78 is 92.3. The molecule has 1 aliphatic rings. The van der Waals surface area contributed by atoms with E-state index in [0.29, 0.717) is 18.9 Å². The molecule has 1 heterocycles. The Kier molecular flexibility index (Phi) is 12.7. The number of carbonyl (C=O) groups excluding carboxylic acids is 2. The van der Waals surface area contributed by atoms with Gasteiger partial charge in [-0.2, -0.15) is 0 Å². The third-order valence-corrected chi connectivity index (χ3v) is 10.4. The van der Waals surface area contributed by atoms with E-state index >= 15 is 4.39 Å². The Morgan fingerprint density at radius 3 is 2.15 bits per heavy atom. The van der Waals surface area contributed by atoms with E-state index in [4.69, 9.17) is 10.5 Å². The molecule has 11 nitrogen and oxygen atoms in total. The van der Waals surface area contributed by atoms with Gasteiger partial charge in [-0.25, -0.2) is 35.5 Å². The smallest absolute Gasteiger partial charge is 0.410 e. The molecule has 1 aromatic heterocycles. The van der Waals surface area contributed by atoms with Crippen molar-refractivity contribution in [2.24, 2.45) is 5.73 Å². The number of aromatic nitrogens is 1. The number of benzene rings is 2. The highest BCUT2D eigenvalue weighted by Gasteiger charge is 2.41. The lowest BCUT2D eigenvalue weighted by Crippen LogP contribution is -2.53. The predicted octanol–water partition coefficient (Wildman–Crippen LogP) is 5.13. The number of amides is 2. The number of nitrogens with one attached hydrogen (secondary N) is 2. The SMILES string of the molecule is CC(O)CN(CC(CCc1c(F)cncc1NC(=O)C(C)(N)C(c1ccc(F)cc1)c1cc(F)cc(F)c1)NS(=O)(=O)C1CC1)C(=O)OC(C)(C)C. The van der Waals surface area contributed by atoms with Crippen molar-refractivity contribution in [3.05, 3.63) is 94.8 Å². The Morgan fingerprint density at radius 2 is 1.60 bits per heavy atom. The third-order valence-electron chi connectivity index (χ3n) is 8.38. The minimum atomic E-state index is -3.82. The zero-order valence-electron chi connectivity index (χ0n) is 29.6. The first-order chi connectivity index (χ1) is 24.2. The summed E-state index contributed by atoms with van der Waals surface area (Å²) >= 11 is 0. The molecular formula is C36H45F4N5O6S. The van der Waals surface area contributed by atoms with Crippen LogP contribution in [0.3, 0.4) is 0 Å². The molecule has 284 valence electrons. The van der Waals surface area contributed by atoms with Crippen LogP contribution in [0.2, 0.25) is 0 Å². The minimum absolute atomic E-state index is 0.0145. The Hall–Kier alpha value is -4.12. The molecule has 4 unspecified atom stereocenters. The number of sulfonamides is 1. The van der Waals surface area contributed by atoms with Crippen molar-refractivity contribution in [3.8, 4) is 0 Å². The standard InChI is InChI=1S/C36H45F4N5O6S/c1-21(46)19-45(34(48)51-35(2,3)4)20-27(44-52(49,50)28-11-12-28)10-13-29-30(40)17-42-18-31(29)43-33(47)36(5,41)32(22-6-8-24(37)9-7-22)23-14-25(38)16-26(39)15-23/h6-9,14-18,21,27-28,32,44,46H,10-13,19-20,41H2,1-5H3,(H,43,47). The molecule has 16 heteroatoms. The van der Waals surface area contributed by atoms with Crippen LogP contribution in [0.1, 0.15) is 76.5 Å². The van der Waals surface area contributed by atoms with Crippen LogP contribution in [0.15, 0.2) is 54.9 Å². The number of hydrogen-bond donors (Lipinski definition) is 4. The van der Waals surface area contributed by atoms with Crippen molar-refractivity contribution in [2.45, 2.75) is 94.8 Å². The van der Waals surface area contributed by atoms with Gasteiger partial charge in [-0.3, -0.25) is 9.78 Å². The van der Waals surface area contributed by atoms with E-state index in [1.54, 1.807) is 20.8 Å². The van der Waals surface area contributed by atoms with Gasteiger partial charge in [0.2, 0.25) is 15.9 Å². The lowest BCUT2D eigenvalue weighted by Gasteiger charge is -2.34. The van der Waals surface area contributed by atoms with Gasteiger partial charge >= 0.3 is 6.09 Å². The predicted molar refractivity (Wildman–Crippen MR) is 187 cm³/mol. The number of aliphatic hydroxyl groups is 1. The summed E-state index contributed by atoms with van der Waals surface area (Å²) in [4.78, 5) is 32.1. The maximum Gasteiger partial charge on any atom is 0.410 e. The van der Waals surface area contributed by atoms with Crippen LogP contribution in [-0.2, 0) is 26.0 Å². The second-order valence-corrected chi connectivity index (χ2v) is 16.4. The van der Waals surface area contributed by atoms with Crippen LogP contribution in [-0.4, -0.2) is 77.0 Å². The summed E-state index contributed by atoms with van der Waals surface area (Å²) in [6, 6.07) is 6.57. The summed E-state index contributed by atoms with van der Waals surface area (Å²) in [7, 11) is -3.82. The molecule has 0 radical (unpaired) electrons. The molecule has 0 saturated heterocycles. The minimum Gasteiger partial charge on any atom is -0.444 e. The molecule has 3 aromatic rings. The van der Waals surface area contributed by atoms with Gasteiger partial charge in [-0.05, 0) is 95.7 Å². The Balaban J connectivity index is 1.64. The van der Waals surface area contributed by atoms with Crippen LogP contribution >= 0.6 is 0 Å². The van der Waals surface area contributed by atoms with Crippen LogP contribution in [0, 0.1) is 23.3 Å². The highest BCUT2D eigenvalue weighted by Crippen LogP contribution is 2.36. The fraction of sp³-hybridized carbons (Fsp3) is 0.472. The lowest BCUT2D eigenvalue weighted by atomic mass is 9.76. The average molecular weight is 752 g/mol. The van der Waals surface area contributed by atoms with Crippen molar-refractivity contribution >= 4 is 27.7 Å². The molecule has 4 rings (SSSR count). The highest BCUT2D eigenvalue weighted by molar-refractivity contribution is 7.90. The highest BCUT2D eigenvalue weighted by atomic mass is 32.2. The fourth-order valence-corrected chi connectivity index (χ4v) is 7.45. The number of pyridine rings is 1. The van der Waals surface area contributed by atoms with Gasteiger partial charge in [0, 0.05) is 36.7 Å². The monoisotopic (exact) mass is 751 g/mol. The Labute approximate surface area is 301 Å². The lowest BCUT2D eigenvalue weighted by molar-refractivity contribution is -0.121. The van der Waals surface area contributed by atoms with E-state index in [0.717, 1.165) is 30.5 Å². The summed E-state index contributed by atoms with van der Waals surface area (Å²) in [6.45, 7) is 7.33. The van der Waals surface area contributed by atoms with Crippen LogP contribution in [0.25, 0.3) is 0 Å². The number of halogens is 4. The van der Waals surface area contributed by atoms with E-state index in [1.807, 2.05) is 0 Å². The quantitative estimate of drug-likeness (QED) is 0.156. The number of nitrogens with two attached hydrogens (primary N) is 1. The normalized spacial score (nSPS) is 16.4. The molecular weight excluding hydrogens is 706 g/mol. The second-order valence-electron chi connectivity index (χ2n) is 14.4. The molecule has 4 atom stereocenters. The number of anilines is 1. The number of aliphatic hydroxyl groups excluding tert-OH is 1. The largest absolute Gasteiger partial charge is 0.444 e. The van der Waals surface area contributed by atoms with Gasteiger partial charge in [-0.1, -0.05) is 12.1 Å². The van der Waals surface area contributed by atoms with E-state index in [2.05, 4.69) is 15.0 Å². The molecule has 5 N–H and O–H groups in total. The molecule has 0 bridgehead atoms. The number of nitrogens with zero attached hydrogens (tertiary/aromatic N) is 2. The van der Waals surface area contributed by atoms with Gasteiger partial charge in [0.25, 0.3) is 0 Å². The fourth-order valence-electron chi connectivity index (χ4n) is 5.84. The molecule has 2 aromatic carbocycles. The summed E-state index contributed by atoms with van der Waals surface area (Å²) in [6.07, 6.45) is 0.980. The Morgan fingerprint density at radius 1 is 0.981 bits per heavy atom. The average Bonchev–Trinajstić information content (AvgIpc) is 3.86. The van der Waals surface area contributed by atoms with E-state index in [9.17, 15) is 36.3 Å². The van der Waals surface area contributed by atoms with Crippen LogP contribution in [0.5, 0.6) is 0 Å². The molecule has 1 fully saturated rings. The number of rotatable bonds is 15. The number of ether oxygens (including phenoxy) is 1. The zero-order chi connectivity index (χ0) is 38.6. The third kappa shape index (κ3) is 10.9. The molecule has 0 aliphatic heterocycles. The molecule has 52 heavy (non-hydrogen) atoms. The van der Waals surface area contributed by atoms with Crippen LogP contribution in [0.4, 0.5) is 28.0 Å². The Bertz CT molecular complexity index is 1830. The first-order valence-corrected chi connectivity index (χ1v) is 18.3. The first kappa shape index (κ1) is 40.6. The zero-order valence-corrected chi connectivity index (χ0v) is 30.4. The van der Waals surface area contributed by atoms with E-state index in [-0.39, 0.29) is 48.3 Å². The van der Waals surface area contributed by atoms with E-state index in [1.165, 1.54) is 37.1 Å². The van der Waals surface area contributed by atoms with Crippen molar-refractivity contribution in [1.82, 2.24) is 14.6 Å². The van der Waals surface area contributed by atoms with Crippen LogP contribution < -0.4 is 15.8 Å². The number of carbonyl (C=O) groups is 2. The van der Waals surface area contributed by atoms with Gasteiger partial charge in [0.05, 0.1) is 29.4 Å². The topological polar surface area (TPSA) is 164 Å². The maximum atomic E-state index is 15.5.